The van der Waals surface area contributed by atoms with Crippen molar-refractivity contribution < 1.29 is 42.5 Å². The fourth-order valence-electron chi connectivity index (χ4n) is 3.72. The molecule has 3 aromatic rings. The first kappa shape index (κ1) is 32.6. The molecule has 0 aliphatic rings. The largest absolute Gasteiger partial charge is 0.490 e. The number of aromatic amines is 1. The molecule has 0 spiro atoms. The van der Waals surface area contributed by atoms with E-state index in [0.29, 0.717) is 23.7 Å². The maximum atomic E-state index is 12.6. The summed E-state index contributed by atoms with van der Waals surface area (Å²) in [6.45, 7) is 4.74. The maximum absolute atomic E-state index is 12.6. The van der Waals surface area contributed by atoms with Gasteiger partial charge in [0.1, 0.15) is 0 Å². The Morgan fingerprint density at radius 2 is 1.82 bits per heavy atom. The number of carboxylic acid groups (broad SMARTS) is 1. The van der Waals surface area contributed by atoms with Crippen LogP contribution >= 0.6 is 11.6 Å². The number of H-pyrrole nitrogens is 1. The third-order valence-corrected chi connectivity index (χ3v) is 5.86. The van der Waals surface area contributed by atoms with Gasteiger partial charge in [0, 0.05) is 35.7 Å². The minimum Gasteiger partial charge on any atom is -0.475 e. The van der Waals surface area contributed by atoms with E-state index in [2.05, 4.69) is 22.5 Å². The minimum atomic E-state index is -5.08. The highest BCUT2D eigenvalue weighted by molar-refractivity contribution is 6.30. The molecular weight excluding hydrogens is 555 g/mol. The number of hydrogen-bond donors (Lipinski definition) is 5. The summed E-state index contributed by atoms with van der Waals surface area (Å²) in [5, 5.41) is 25.2. The number of fused-ring (bicyclic) bond motifs is 1. The molecule has 5 N–H and O–H groups in total. The number of ether oxygens (including phenoxy) is 1. The lowest BCUT2D eigenvalue weighted by Crippen LogP contribution is -2.32. The van der Waals surface area contributed by atoms with Gasteiger partial charge < -0.3 is 30.6 Å². The Morgan fingerprint density at radius 3 is 2.45 bits per heavy atom. The molecule has 0 aliphatic carbocycles. The van der Waals surface area contributed by atoms with Gasteiger partial charge in [-0.2, -0.15) is 13.2 Å². The summed E-state index contributed by atoms with van der Waals surface area (Å²) in [6, 6.07) is 12.9. The Kier molecular flexibility index (Phi) is 12.4. The molecule has 0 radical (unpaired) electrons. The second kappa shape index (κ2) is 15.2. The predicted octanol–water partition coefficient (Wildman–Crippen LogP) is 4.39. The fraction of sp³-hybridized carbons (Fsp3) is 0.370. The van der Waals surface area contributed by atoms with Gasteiger partial charge in [0.05, 0.1) is 30.2 Å². The smallest absolute Gasteiger partial charge is 0.475 e. The van der Waals surface area contributed by atoms with Crippen LogP contribution in [0.4, 0.5) is 13.2 Å². The van der Waals surface area contributed by atoms with Crippen LogP contribution in [0.3, 0.4) is 0 Å². The van der Waals surface area contributed by atoms with Gasteiger partial charge in [-0.1, -0.05) is 35.9 Å². The highest BCUT2D eigenvalue weighted by Crippen LogP contribution is 2.23. The lowest BCUT2D eigenvalue weighted by Gasteiger charge is -2.17. The van der Waals surface area contributed by atoms with Crippen LogP contribution in [-0.4, -0.2) is 65.0 Å². The zero-order valence-corrected chi connectivity index (χ0v) is 22.6. The number of carboxylic acids is 1. The van der Waals surface area contributed by atoms with Gasteiger partial charge in [0.15, 0.2) is 0 Å². The Bertz CT molecular complexity index is 1300. The van der Waals surface area contributed by atoms with Gasteiger partial charge in [-0.05, 0) is 49.6 Å². The molecule has 218 valence electrons. The maximum Gasteiger partial charge on any atom is 0.490 e. The second-order valence-corrected chi connectivity index (χ2v) is 9.18. The minimum absolute atomic E-state index is 0.0971. The number of aliphatic hydroxyl groups is 1. The summed E-state index contributed by atoms with van der Waals surface area (Å²) in [6.07, 6.45) is -2.98. The summed E-state index contributed by atoms with van der Waals surface area (Å²) in [7, 11) is 0. The first-order valence-electron chi connectivity index (χ1n) is 12.3. The number of aliphatic carboxylic acids is 1. The second-order valence-electron chi connectivity index (χ2n) is 8.74. The number of carbonyl (C=O) groups excluding carboxylic acids is 2. The van der Waals surface area contributed by atoms with Crippen LogP contribution in [-0.2, 0) is 20.7 Å². The average molecular weight is 586 g/mol. The van der Waals surface area contributed by atoms with Crippen molar-refractivity contribution in [2.45, 2.75) is 45.0 Å². The summed E-state index contributed by atoms with van der Waals surface area (Å²) < 4.78 is 36.6. The standard InChI is InChI=1S/C25H30ClN3O4.C2HF3O2/c1-3-33-23(31)10-11-27-25(32)21-9-5-8-20-18(14-29-24(20)21)12-16(2)28-15-22(30)17-6-4-7-19(26)13-17;3-2(4,5)1(6)7/h4-9,13-14,16,22,28-30H,3,10-12,15H2,1-2H3,(H,27,32);(H,6,7)/t16-,22+;/m1./s1. The molecule has 1 heterocycles. The van der Waals surface area contributed by atoms with Crippen molar-refractivity contribution in [2.24, 2.45) is 0 Å². The molecule has 0 unspecified atom stereocenters. The molecule has 13 heteroatoms. The first-order valence-corrected chi connectivity index (χ1v) is 12.7. The molecule has 3 rings (SSSR count). The number of esters is 1. The summed E-state index contributed by atoms with van der Waals surface area (Å²) >= 11 is 6.01. The van der Waals surface area contributed by atoms with Gasteiger partial charge in [0.2, 0.25) is 0 Å². The first-order chi connectivity index (χ1) is 18.8. The van der Waals surface area contributed by atoms with Crippen molar-refractivity contribution in [1.29, 1.82) is 0 Å². The van der Waals surface area contributed by atoms with E-state index < -0.39 is 18.2 Å². The van der Waals surface area contributed by atoms with Crippen LogP contribution in [0.5, 0.6) is 0 Å². The molecule has 1 amide bonds. The Labute approximate surface area is 233 Å². The van der Waals surface area contributed by atoms with Crippen molar-refractivity contribution in [1.82, 2.24) is 15.6 Å². The molecule has 0 saturated heterocycles. The van der Waals surface area contributed by atoms with Crippen molar-refractivity contribution >= 4 is 40.3 Å². The number of halogens is 4. The molecule has 1 aromatic heterocycles. The van der Waals surface area contributed by atoms with Crippen molar-refractivity contribution in [3.8, 4) is 0 Å². The molecule has 2 atom stereocenters. The van der Waals surface area contributed by atoms with Crippen LogP contribution in [0.25, 0.3) is 10.9 Å². The molecule has 0 fully saturated rings. The van der Waals surface area contributed by atoms with Crippen LogP contribution in [0.2, 0.25) is 5.02 Å². The summed E-state index contributed by atoms with van der Waals surface area (Å²) in [5.41, 5.74) is 3.13. The molecule has 2 aromatic carbocycles. The van der Waals surface area contributed by atoms with Gasteiger partial charge in [-0.3, -0.25) is 9.59 Å². The zero-order chi connectivity index (χ0) is 29.9. The number of rotatable bonds is 11. The van der Waals surface area contributed by atoms with Gasteiger partial charge in [-0.15, -0.1) is 0 Å². The number of benzene rings is 2. The zero-order valence-electron chi connectivity index (χ0n) is 21.8. The quantitative estimate of drug-likeness (QED) is 0.210. The van der Waals surface area contributed by atoms with Crippen LogP contribution in [0, 0.1) is 0 Å². The van der Waals surface area contributed by atoms with E-state index in [1.807, 2.05) is 30.5 Å². The number of aliphatic hydroxyl groups excluding tert-OH is 1. The summed E-state index contributed by atoms with van der Waals surface area (Å²) in [5.74, 6) is -3.33. The third-order valence-electron chi connectivity index (χ3n) is 5.63. The monoisotopic (exact) mass is 585 g/mol. The molecule has 9 nitrogen and oxygen atoms in total. The average Bonchev–Trinajstić information content (AvgIpc) is 3.30. The highest BCUT2D eigenvalue weighted by atomic mass is 35.5. The topological polar surface area (TPSA) is 141 Å². The number of hydrogen-bond acceptors (Lipinski definition) is 6. The van der Waals surface area contributed by atoms with E-state index in [1.165, 1.54) is 0 Å². The number of aromatic nitrogens is 1. The third kappa shape index (κ3) is 10.2. The van der Waals surface area contributed by atoms with Crippen LogP contribution in [0.15, 0.2) is 48.7 Å². The van der Waals surface area contributed by atoms with E-state index in [0.717, 1.165) is 28.5 Å². The molecule has 0 aliphatic heterocycles. The Morgan fingerprint density at radius 1 is 1.15 bits per heavy atom. The Hall–Kier alpha value is -3.61. The molecule has 40 heavy (non-hydrogen) atoms. The lowest BCUT2D eigenvalue weighted by molar-refractivity contribution is -0.192. The van der Waals surface area contributed by atoms with Gasteiger partial charge >= 0.3 is 18.1 Å². The van der Waals surface area contributed by atoms with E-state index in [4.69, 9.17) is 26.2 Å². The predicted molar refractivity (Wildman–Crippen MR) is 143 cm³/mol. The van der Waals surface area contributed by atoms with Crippen molar-refractivity contribution in [3.63, 3.8) is 0 Å². The molecule has 0 saturated carbocycles. The molecule has 0 bridgehead atoms. The normalized spacial score (nSPS) is 12.7. The Balaban J connectivity index is 0.000000708. The van der Waals surface area contributed by atoms with E-state index in [-0.39, 0.29) is 30.9 Å². The highest BCUT2D eigenvalue weighted by Gasteiger charge is 2.38. The van der Waals surface area contributed by atoms with E-state index in [9.17, 15) is 27.9 Å². The van der Waals surface area contributed by atoms with E-state index in [1.54, 1.807) is 25.1 Å². The number of para-hydroxylation sites is 1. The van der Waals surface area contributed by atoms with Gasteiger partial charge in [-0.25, -0.2) is 4.79 Å². The fourth-order valence-corrected chi connectivity index (χ4v) is 3.92. The van der Waals surface area contributed by atoms with E-state index >= 15 is 0 Å². The molecular formula is C27H31ClF3N3O6. The van der Waals surface area contributed by atoms with Crippen LogP contribution in [0.1, 0.15) is 47.9 Å². The number of carbonyl (C=O) groups is 3. The van der Waals surface area contributed by atoms with Crippen molar-refractivity contribution in [2.75, 3.05) is 19.7 Å². The number of alkyl halides is 3. The number of nitrogens with one attached hydrogen (secondary N) is 3. The van der Waals surface area contributed by atoms with Crippen molar-refractivity contribution in [3.05, 3.63) is 70.4 Å². The SMILES string of the molecule is CCOC(=O)CCNC(=O)c1cccc2c(C[C@@H](C)NC[C@H](O)c3cccc(Cl)c3)c[nH]c12.O=C(O)C(F)(F)F. The number of amides is 1. The summed E-state index contributed by atoms with van der Waals surface area (Å²) in [4.78, 5) is 36.2. The lowest BCUT2D eigenvalue weighted by atomic mass is 10.0. The van der Waals surface area contributed by atoms with Crippen LogP contribution < -0.4 is 10.6 Å². The van der Waals surface area contributed by atoms with Gasteiger partial charge in [0.25, 0.3) is 5.91 Å².